The number of halogens is 1. The van der Waals surface area contributed by atoms with Gasteiger partial charge in [-0.25, -0.2) is 8.42 Å². The Morgan fingerprint density at radius 2 is 1.94 bits per heavy atom. The van der Waals surface area contributed by atoms with Crippen LogP contribution in [-0.4, -0.2) is 60.1 Å². The minimum atomic E-state index is -3.91. The highest BCUT2D eigenvalue weighted by Crippen LogP contribution is 2.28. The summed E-state index contributed by atoms with van der Waals surface area (Å²) >= 11 is 7.44. The number of sulfonamides is 1. The Bertz CT molecular complexity index is 1290. The Balaban J connectivity index is 1.56. The normalized spacial score (nSPS) is 14.5. The largest absolute Gasteiger partial charge is 0.339 e. The van der Waals surface area contributed by atoms with Gasteiger partial charge in [0.2, 0.25) is 21.7 Å². The Morgan fingerprint density at radius 1 is 1.18 bits per heavy atom. The highest BCUT2D eigenvalue weighted by Gasteiger charge is 2.27. The van der Waals surface area contributed by atoms with E-state index in [1.807, 2.05) is 6.26 Å². The molecule has 4 rings (SSSR count). The molecule has 2 heterocycles. The first-order chi connectivity index (χ1) is 16.3. The van der Waals surface area contributed by atoms with Crippen molar-refractivity contribution < 1.29 is 17.7 Å². The molecule has 1 saturated heterocycles. The molecule has 0 aliphatic carbocycles. The van der Waals surface area contributed by atoms with Gasteiger partial charge in [0.1, 0.15) is 0 Å². The Labute approximate surface area is 208 Å². The molecule has 0 radical (unpaired) electrons. The standard InChI is InChI=1S/C23H25ClN4O4S2/c1-27(15-21-25-22(26-32-21)16-7-6-8-17(24)13-16)34(30,31)18-9-10-20(33-2)19(14-18)23(29)28-11-4-3-5-12-28/h6-10,13-14H,3-5,11-12,15H2,1-2H3. The van der Waals surface area contributed by atoms with Gasteiger partial charge in [0.05, 0.1) is 17.0 Å². The van der Waals surface area contributed by atoms with E-state index in [1.165, 1.54) is 30.9 Å². The van der Waals surface area contributed by atoms with Crippen LogP contribution >= 0.6 is 23.4 Å². The molecule has 0 N–H and O–H groups in total. The van der Waals surface area contributed by atoms with Crippen LogP contribution in [0.3, 0.4) is 0 Å². The lowest BCUT2D eigenvalue weighted by Crippen LogP contribution is -2.36. The molecule has 11 heteroatoms. The minimum Gasteiger partial charge on any atom is -0.339 e. The fourth-order valence-corrected chi connectivity index (χ4v) is 5.71. The SMILES string of the molecule is CSc1ccc(S(=O)(=O)N(C)Cc2nc(-c3cccc(Cl)c3)no2)cc1C(=O)N1CCCCC1. The molecule has 2 aromatic carbocycles. The van der Waals surface area contributed by atoms with Crippen molar-refractivity contribution in [2.24, 2.45) is 0 Å². The lowest BCUT2D eigenvalue weighted by Gasteiger charge is -2.27. The second-order valence-electron chi connectivity index (χ2n) is 8.00. The van der Waals surface area contributed by atoms with E-state index >= 15 is 0 Å². The van der Waals surface area contributed by atoms with Crippen LogP contribution in [0.25, 0.3) is 11.4 Å². The number of rotatable bonds is 7. The van der Waals surface area contributed by atoms with E-state index in [-0.39, 0.29) is 23.2 Å². The average molecular weight is 521 g/mol. The highest BCUT2D eigenvalue weighted by molar-refractivity contribution is 7.98. The van der Waals surface area contributed by atoms with Crippen molar-refractivity contribution in [3.63, 3.8) is 0 Å². The summed E-state index contributed by atoms with van der Waals surface area (Å²) in [5, 5.41) is 4.46. The Hall–Kier alpha value is -2.40. The molecule has 0 saturated carbocycles. The number of aromatic nitrogens is 2. The van der Waals surface area contributed by atoms with E-state index in [4.69, 9.17) is 16.1 Å². The first kappa shape index (κ1) is 24.7. The molecule has 0 atom stereocenters. The molecule has 0 bridgehead atoms. The molecule has 0 spiro atoms. The van der Waals surface area contributed by atoms with Crippen molar-refractivity contribution in [2.75, 3.05) is 26.4 Å². The molecule has 0 unspecified atom stereocenters. The zero-order valence-electron chi connectivity index (χ0n) is 18.9. The maximum Gasteiger partial charge on any atom is 0.255 e. The van der Waals surface area contributed by atoms with E-state index < -0.39 is 10.0 Å². The van der Waals surface area contributed by atoms with E-state index in [0.717, 1.165) is 28.5 Å². The number of likely N-dealkylation sites (tertiary alicyclic amines) is 1. The van der Waals surface area contributed by atoms with E-state index in [0.29, 0.717) is 35.1 Å². The van der Waals surface area contributed by atoms with Gasteiger partial charge in [-0.2, -0.15) is 9.29 Å². The number of hydrogen-bond acceptors (Lipinski definition) is 7. The van der Waals surface area contributed by atoms with Crippen LogP contribution in [-0.2, 0) is 16.6 Å². The van der Waals surface area contributed by atoms with Gasteiger partial charge in [0.15, 0.2) is 0 Å². The number of thioether (sulfide) groups is 1. The average Bonchev–Trinajstić information content (AvgIpc) is 3.32. The third-order valence-corrected chi connectivity index (χ3v) is 8.49. The van der Waals surface area contributed by atoms with E-state index in [1.54, 1.807) is 35.2 Å². The molecule has 34 heavy (non-hydrogen) atoms. The topological polar surface area (TPSA) is 96.6 Å². The van der Waals surface area contributed by atoms with Gasteiger partial charge in [0.25, 0.3) is 5.91 Å². The second kappa shape index (κ2) is 10.5. The van der Waals surface area contributed by atoms with Gasteiger partial charge in [-0.3, -0.25) is 4.79 Å². The van der Waals surface area contributed by atoms with Gasteiger partial charge in [-0.1, -0.05) is 28.9 Å². The van der Waals surface area contributed by atoms with Crippen molar-refractivity contribution in [3.05, 3.63) is 58.9 Å². The number of carbonyl (C=O) groups excluding carboxylic acids is 1. The summed E-state index contributed by atoms with van der Waals surface area (Å²) in [4.78, 5) is 20.0. The van der Waals surface area contributed by atoms with Gasteiger partial charge in [-0.15, -0.1) is 11.8 Å². The molecule has 1 aromatic heterocycles. The van der Waals surface area contributed by atoms with E-state index in [2.05, 4.69) is 10.1 Å². The molecule has 1 amide bonds. The summed E-state index contributed by atoms with van der Waals surface area (Å²) in [7, 11) is -2.47. The monoisotopic (exact) mass is 520 g/mol. The molecule has 8 nitrogen and oxygen atoms in total. The number of amides is 1. The summed E-state index contributed by atoms with van der Waals surface area (Å²) in [5.41, 5.74) is 1.08. The second-order valence-corrected chi connectivity index (χ2v) is 11.3. The fourth-order valence-electron chi connectivity index (χ4n) is 3.80. The third kappa shape index (κ3) is 5.30. The van der Waals surface area contributed by atoms with Crippen LogP contribution in [0.2, 0.25) is 5.02 Å². The van der Waals surface area contributed by atoms with Crippen molar-refractivity contribution in [3.8, 4) is 11.4 Å². The van der Waals surface area contributed by atoms with Crippen molar-refractivity contribution in [1.29, 1.82) is 0 Å². The van der Waals surface area contributed by atoms with Crippen LogP contribution in [0.5, 0.6) is 0 Å². The lowest BCUT2D eigenvalue weighted by molar-refractivity contribution is 0.0720. The summed E-state index contributed by atoms with van der Waals surface area (Å²) in [5.74, 6) is 0.334. The Morgan fingerprint density at radius 3 is 2.65 bits per heavy atom. The van der Waals surface area contributed by atoms with Crippen molar-refractivity contribution >= 4 is 39.3 Å². The van der Waals surface area contributed by atoms with E-state index in [9.17, 15) is 13.2 Å². The van der Waals surface area contributed by atoms with Gasteiger partial charge in [0, 0.05) is 35.6 Å². The molecule has 3 aromatic rings. The number of hydrogen-bond donors (Lipinski definition) is 0. The molecule has 1 fully saturated rings. The smallest absolute Gasteiger partial charge is 0.255 e. The molecule has 180 valence electrons. The molecule has 1 aliphatic heterocycles. The summed E-state index contributed by atoms with van der Waals surface area (Å²) in [6.45, 7) is 1.26. The van der Waals surface area contributed by atoms with Crippen LogP contribution in [0.15, 0.2) is 56.8 Å². The fraction of sp³-hybridized carbons (Fsp3) is 0.348. The maximum atomic E-state index is 13.3. The van der Waals surface area contributed by atoms with Crippen LogP contribution in [0.1, 0.15) is 35.5 Å². The maximum absolute atomic E-state index is 13.3. The Kier molecular flexibility index (Phi) is 7.61. The van der Waals surface area contributed by atoms with Crippen molar-refractivity contribution in [2.45, 2.75) is 35.6 Å². The van der Waals surface area contributed by atoms with Crippen molar-refractivity contribution in [1.82, 2.24) is 19.3 Å². The molecular weight excluding hydrogens is 496 g/mol. The summed E-state index contributed by atoms with van der Waals surface area (Å²) < 4.78 is 33.0. The lowest BCUT2D eigenvalue weighted by atomic mass is 10.1. The predicted molar refractivity (Wildman–Crippen MR) is 131 cm³/mol. The molecular formula is C23H25ClN4O4S2. The van der Waals surface area contributed by atoms with Crippen LogP contribution in [0, 0.1) is 0 Å². The van der Waals surface area contributed by atoms with Gasteiger partial charge in [-0.05, 0) is 55.9 Å². The number of piperidine rings is 1. The predicted octanol–water partition coefficient (Wildman–Crippen LogP) is 4.56. The zero-order chi connectivity index (χ0) is 24.3. The summed E-state index contributed by atoms with van der Waals surface area (Å²) in [6.07, 6.45) is 4.90. The van der Waals surface area contributed by atoms with Gasteiger partial charge >= 0.3 is 0 Å². The number of benzene rings is 2. The molecule has 1 aliphatic rings. The van der Waals surface area contributed by atoms with Crippen LogP contribution in [0.4, 0.5) is 0 Å². The summed E-state index contributed by atoms with van der Waals surface area (Å²) in [6, 6.07) is 11.7. The first-order valence-corrected chi connectivity index (χ1v) is 13.9. The number of nitrogens with zero attached hydrogens (tertiary/aromatic N) is 4. The first-order valence-electron chi connectivity index (χ1n) is 10.8. The number of carbonyl (C=O) groups is 1. The van der Waals surface area contributed by atoms with Gasteiger partial charge < -0.3 is 9.42 Å². The van der Waals surface area contributed by atoms with Crippen LogP contribution < -0.4 is 0 Å². The quantitative estimate of drug-likeness (QED) is 0.421. The minimum absolute atomic E-state index is 0.0442. The third-order valence-electron chi connectivity index (χ3n) is 5.66. The highest BCUT2D eigenvalue weighted by atomic mass is 35.5. The zero-order valence-corrected chi connectivity index (χ0v) is 21.3.